The zero-order valence-electron chi connectivity index (χ0n) is 10.3. The lowest BCUT2D eigenvalue weighted by atomic mass is 10.1. The summed E-state index contributed by atoms with van der Waals surface area (Å²) < 4.78 is 0. The van der Waals surface area contributed by atoms with Gasteiger partial charge in [0.1, 0.15) is 0 Å². The summed E-state index contributed by atoms with van der Waals surface area (Å²) >= 11 is 23.5. The number of hydrogen-bond donors (Lipinski definition) is 0. The molecule has 0 atom stereocenters. The van der Waals surface area contributed by atoms with E-state index in [0.29, 0.717) is 0 Å². The summed E-state index contributed by atoms with van der Waals surface area (Å²) in [6.45, 7) is 4.70. The van der Waals surface area contributed by atoms with Gasteiger partial charge in [0.25, 0.3) is 11.8 Å². The van der Waals surface area contributed by atoms with Gasteiger partial charge in [0, 0.05) is 5.57 Å². The van der Waals surface area contributed by atoms with Crippen LogP contribution in [0, 0.1) is 0 Å². The number of hydrogen-bond acceptors (Lipinski definition) is 4. The van der Waals surface area contributed by atoms with Crippen molar-refractivity contribution in [1.82, 2.24) is 5.06 Å². The van der Waals surface area contributed by atoms with Crippen LogP contribution < -0.4 is 0 Å². The number of nitrogens with zero attached hydrogens (tertiary/aromatic N) is 1. The van der Waals surface area contributed by atoms with Crippen molar-refractivity contribution in [3.8, 4) is 0 Å². The first kappa shape index (κ1) is 16.1. The molecule has 0 fully saturated rings. The van der Waals surface area contributed by atoms with Gasteiger partial charge in [0.05, 0.1) is 31.2 Å². The van der Waals surface area contributed by atoms with Crippen molar-refractivity contribution in [3.05, 3.63) is 43.4 Å². The normalized spacial score (nSPS) is 13.5. The molecule has 1 heterocycles. The summed E-state index contributed by atoms with van der Waals surface area (Å²) in [4.78, 5) is 40.4. The second kappa shape index (κ2) is 5.50. The third-order valence-electron chi connectivity index (χ3n) is 2.59. The first-order valence-electron chi connectivity index (χ1n) is 5.31. The molecule has 1 aliphatic rings. The number of imide groups is 1. The van der Waals surface area contributed by atoms with Gasteiger partial charge in [-0.1, -0.05) is 58.0 Å². The fourth-order valence-corrected chi connectivity index (χ4v) is 2.59. The first-order valence-corrected chi connectivity index (χ1v) is 6.82. The van der Waals surface area contributed by atoms with E-state index in [-0.39, 0.29) is 41.9 Å². The molecule has 0 spiro atoms. The Morgan fingerprint density at radius 2 is 1.33 bits per heavy atom. The summed E-state index contributed by atoms with van der Waals surface area (Å²) in [6, 6.07) is 0. The first-order chi connectivity index (χ1) is 9.68. The minimum Gasteiger partial charge on any atom is -0.325 e. The maximum Gasteiger partial charge on any atom is 0.359 e. The minimum absolute atomic E-state index is 0.000171. The number of hydroxylamine groups is 2. The number of fused-ring (bicyclic) bond motifs is 1. The van der Waals surface area contributed by atoms with Crippen LogP contribution in [0.3, 0.4) is 0 Å². The minimum atomic E-state index is -0.963. The van der Waals surface area contributed by atoms with Crippen LogP contribution in [0.5, 0.6) is 0 Å². The van der Waals surface area contributed by atoms with Gasteiger partial charge in [-0.25, -0.2) is 4.79 Å². The van der Waals surface area contributed by atoms with Crippen LogP contribution in [0.2, 0.25) is 20.1 Å². The zero-order chi connectivity index (χ0) is 16.1. The molecule has 110 valence electrons. The molecule has 5 nitrogen and oxygen atoms in total. The van der Waals surface area contributed by atoms with Gasteiger partial charge >= 0.3 is 5.97 Å². The van der Waals surface area contributed by atoms with E-state index in [2.05, 4.69) is 11.4 Å². The highest BCUT2D eigenvalue weighted by molar-refractivity contribution is 6.55. The van der Waals surface area contributed by atoms with E-state index < -0.39 is 17.8 Å². The van der Waals surface area contributed by atoms with Crippen LogP contribution in [0.25, 0.3) is 0 Å². The van der Waals surface area contributed by atoms with E-state index in [9.17, 15) is 14.4 Å². The number of carbonyl (C=O) groups is 3. The average molecular weight is 369 g/mol. The standard InChI is InChI=1S/C12H5Cl4NO4/c1-3(2)12(20)21-17-10(18)4-5(11(17)19)7(14)9(16)8(15)6(4)13/h1H2,2H3. The Balaban J connectivity index is 2.58. The Bertz CT molecular complexity index is 682. The van der Waals surface area contributed by atoms with Crippen LogP contribution in [0.1, 0.15) is 27.6 Å². The molecule has 0 saturated heterocycles. The Hall–Kier alpha value is -1.27. The van der Waals surface area contributed by atoms with Crippen LogP contribution >= 0.6 is 46.4 Å². The fraction of sp³-hybridized carbons (Fsp3) is 0.0833. The van der Waals surface area contributed by atoms with Gasteiger partial charge in [-0.05, 0) is 6.92 Å². The van der Waals surface area contributed by atoms with E-state index >= 15 is 0 Å². The maximum atomic E-state index is 12.2. The third-order valence-corrected chi connectivity index (χ3v) is 4.39. The van der Waals surface area contributed by atoms with E-state index in [1.165, 1.54) is 6.92 Å². The second-order valence-electron chi connectivity index (χ2n) is 4.07. The quantitative estimate of drug-likeness (QED) is 0.343. The van der Waals surface area contributed by atoms with Gasteiger partial charge < -0.3 is 4.84 Å². The van der Waals surface area contributed by atoms with Gasteiger partial charge in [-0.2, -0.15) is 0 Å². The van der Waals surface area contributed by atoms with Crippen molar-refractivity contribution >= 4 is 64.2 Å². The summed E-state index contributed by atoms with van der Waals surface area (Å²) in [7, 11) is 0. The van der Waals surface area contributed by atoms with Gasteiger partial charge in [0.2, 0.25) is 0 Å². The van der Waals surface area contributed by atoms with Gasteiger partial charge in [-0.15, -0.1) is 0 Å². The molecular weight excluding hydrogens is 364 g/mol. The number of carbonyl (C=O) groups excluding carboxylic acids is 3. The monoisotopic (exact) mass is 367 g/mol. The van der Waals surface area contributed by atoms with Crippen molar-refractivity contribution in [2.24, 2.45) is 0 Å². The van der Waals surface area contributed by atoms with Gasteiger partial charge in [0.15, 0.2) is 0 Å². The van der Waals surface area contributed by atoms with E-state index in [1.807, 2.05) is 0 Å². The van der Waals surface area contributed by atoms with Crippen molar-refractivity contribution < 1.29 is 19.2 Å². The highest BCUT2D eigenvalue weighted by atomic mass is 35.5. The molecule has 2 amide bonds. The van der Waals surface area contributed by atoms with E-state index in [0.717, 1.165) is 0 Å². The molecule has 1 aromatic carbocycles. The Kier molecular flexibility index (Phi) is 4.22. The lowest BCUT2D eigenvalue weighted by molar-refractivity contribution is -0.163. The Morgan fingerprint density at radius 3 is 1.67 bits per heavy atom. The SMILES string of the molecule is C=C(C)C(=O)ON1C(=O)c2c(Cl)c(Cl)c(Cl)c(Cl)c2C1=O. The Labute approximate surface area is 138 Å². The number of amides is 2. The Morgan fingerprint density at radius 1 is 0.952 bits per heavy atom. The fourth-order valence-electron chi connectivity index (χ4n) is 1.57. The predicted octanol–water partition coefficient (Wildman–Crippen LogP) is 3.93. The highest BCUT2D eigenvalue weighted by Crippen LogP contribution is 2.44. The predicted molar refractivity (Wildman–Crippen MR) is 77.9 cm³/mol. The molecule has 0 bridgehead atoms. The molecule has 0 aromatic heterocycles. The van der Waals surface area contributed by atoms with Crippen molar-refractivity contribution in [1.29, 1.82) is 0 Å². The number of halogens is 4. The van der Waals surface area contributed by atoms with Crippen LogP contribution in [0.15, 0.2) is 12.2 Å². The van der Waals surface area contributed by atoms with Gasteiger partial charge in [-0.3, -0.25) is 9.59 Å². The molecule has 0 saturated carbocycles. The van der Waals surface area contributed by atoms with Crippen molar-refractivity contribution in [3.63, 3.8) is 0 Å². The van der Waals surface area contributed by atoms with Crippen molar-refractivity contribution in [2.45, 2.75) is 6.92 Å². The van der Waals surface area contributed by atoms with E-state index in [1.54, 1.807) is 0 Å². The van der Waals surface area contributed by atoms with Crippen LogP contribution in [0.4, 0.5) is 0 Å². The van der Waals surface area contributed by atoms with E-state index in [4.69, 9.17) is 46.4 Å². The molecule has 9 heteroatoms. The van der Waals surface area contributed by atoms with Crippen LogP contribution in [-0.4, -0.2) is 22.8 Å². The number of benzene rings is 1. The topological polar surface area (TPSA) is 63.7 Å². The molecule has 0 aliphatic carbocycles. The molecule has 0 N–H and O–H groups in total. The molecule has 0 unspecified atom stereocenters. The molecule has 0 radical (unpaired) electrons. The number of rotatable bonds is 2. The third kappa shape index (κ3) is 2.40. The lowest BCUT2D eigenvalue weighted by Crippen LogP contribution is -2.32. The van der Waals surface area contributed by atoms with Crippen LogP contribution in [-0.2, 0) is 9.63 Å². The zero-order valence-corrected chi connectivity index (χ0v) is 13.3. The molecule has 1 aliphatic heterocycles. The maximum absolute atomic E-state index is 12.2. The lowest BCUT2D eigenvalue weighted by Gasteiger charge is -2.12. The summed E-state index contributed by atoms with van der Waals surface area (Å²) in [5, 5.41) is -0.583. The molecule has 1 aromatic rings. The summed E-state index contributed by atoms with van der Waals surface area (Å²) in [5.41, 5.74) is -0.536. The smallest absolute Gasteiger partial charge is 0.325 e. The molecule has 21 heavy (non-hydrogen) atoms. The second-order valence-corrected chi connectivity index (χ2v) is 5.58. The molecule has 2 rings (SSSR count). The highest BCUT2D eigenvalue weighted by Gasteiger charge is 2.44. The largest absolute Gasteiger partial charge is 0.359 e. The average Bonchev–Trinajstić information content (AvgIpc) is 2.67. The van der Waals surface area contributed by atoms with Crippen molar-refractivity contribution in [2.75, 3.05) is 0 Å². The molecular formula is C12H5Cl4NO4. The summed E-state index contributed by atoms with van der Waals surface area (Å²) in [5.74, 6) is -2.88. The summed E-state index contributed by atoms with van der Waals surface area (Å²) in [6.07, 6.45) is 0.